The van der Waals surface area contributed by atoms with E-state index in [2.05, 4.69) is 4.99 Å². The van der Waals surface area contributed by atoms with Gasteiger partial charge in [-0.3, -0.25) is 19.5 Å². The summed E-state index contributed by atoms with van der Waals surface area (Å²) in [4.78, 5) is 43.0. The summed E-state index contributed by atoms with van der Waals surface area (Å²) in [7, 11) is 0. The summed E-state index contributed by atoms with van der Waals surface area (Å²) in [5.41, 5.74) is 0.748. The molecule has 0 N–H and O–H groups in total. The number of hydrogen-bond donors (Lipinski definition) is 0. The van der Waals surface area contributed by atoms with Crippen LogP contribution >= 0.6 is 11.3 Å². The van der Waals surface area contributed by atoms with Crippen LogP contribution in [0.2, 0.25) is 0 Å². The number of ether oxygens (including phenoxy) is 1. The highest BCUT2D eigenvalue weighted by Crippen LogP contribution is 2.35. The standard InChI is InChI=1S/C31H22FN3O6S/c1-3-40-30(37)27-17(2)33-31-34(28(27)22-10-6-8-18-7-4-5-9-21(18)22)29(36)26(42-31)16-20-12-14-25(41-20)23-13-11-19(32)15-24(23)35(38)39/h4-16,28H,3H2,1-2H3/b26-16+/t28-/m1/s1. The summed E-state index contributed by atoms with van der Waals surface area (Å²) >= 11 is 1.13. The molecule has 3 aromatic carbocycles. The SMILES string of the molecule is CCOC(=O)C1=C(C)N=c2s/c(=C/c3ccc(-c4ccc(F)cc4[N+](=O)[O-])o3)c(=O)n2[C@@H]1c1cccc2ccccc12. The Labute approximate surface area is 241 Å². The lowest BCUT2D eigenvalue weighted by Gasteiger charge is -2.25. The zero-order chi connectivity index (χ0) is 29.5. The van der Waals surface area contributed by atoms with Crippen LogP contribution in [0.5, 0.6) is 0 Å². The highest BCUT2D eigenvalue weighted by molar-refractivity contribution is 7.07. The van der Waals surface area contributed by atoms with E-state index in [0.29, 0.717) is 10.5 Å². The number of thiazole rings is 1. The number of esters is 1. The lowest BCUT2D eigenvalue weighted by molar-refractivity contribution is -0.384. The number of nitro benzene ring substituents is 1. The van der Waals surface area contributed by atoms with Gasteiger partial charge in [0.1, 0.15) is 17.3 Å². The number of nitrogens with zero attached hydrogens (tertiary/aromatic N) is 3. The van der Waals surface area contributed by atoms with Crippen LogP contribution in [-0.2, 0) is 9.53 Å². The van der Waals surface area contributed by atoms with E-state index in [9.17, 15) is 24.1 Å². The number of allylic oxidation sites excluding steroid dienone is 1. The summed E-state index contributed by atoms with van der Waals surface area (Å²) in [6.07, 6.45) is 1.52. The normalized spacial score (nSPS) is 15.0. The predicted octanol–water partition coefficient (Wildman–Crippen LogP) is 5.26. The van der Waals surface area contributed by atoms with Crippen molar-refractivity contribution in [3.05, 3.63) is 131 Å². The molecular formula is C31H22FN3O6S. The molecule has 0 saturated carbocycles. The third-order valence-corrected chi connectivity index (χ3v) is 7.94. The molecule has 0 saturated heterocycles. The Morgan fingerprint density at radius 1 is 1.17 bits per heavy atom. The minimum Gasteiger partial charge on any atom is -0.463 e. The number of furan rings is 1. The molecule has 0 aliphatic carbocycles. The average Bonchev–Trinajstić information content (AvgIpc) is 3.56. The molecule has 1 aliphatic rings. The zero-order valence-electron chi connectivity index (χ0n) is 22.4. The number of nitro groups is 1. The van der Waals surface area contributed by atoms with Crippen LogP contribution < -0.4 is 14.9 Å². The van der Waals surface area contributed by atoms with E-state index in [0.717, 1.165) is 39.8 Å². The van der Waals surface area contributed by atoms with Crippen molar-refractivity contribution < 1.29 is 23.3 Å². The molecule has 0 bridgehead atoms. The Morgan fingerprint density at radius 3 is 2.74 bits per heavy atom. The van der Waals surface area contributed by atoms with Crippen LogP contribution in [0.1, 0.15) is 31.2 Å². The van der Waals surface area contributed by atoms with Gasteiger partial charge in [0.15, 0.2) is 4.80 Å². The number of halogens is 1. The molecule has 42 heavy (non-hydrogen) atoms. The van der Waals surface area contributed by atoms with Crippen LogP contribution in [0.15, 0.2) is 98.3 Å². The van der Waals surface area contributed by atoms with Crippen LogP contribution in [0.25, 0.3) is 28.2 Å². The Hall–Kier alpha value is -5.16. The van der Waals surface area contributed by atoms with E-state index in [4.69, 9.17) is 9.15 Å². The van der Waals surface area contributed by atoms with Gasteiger partial charge in [-0.25, -0.2) is 14.2 Å². The van der Waals surface area contributed by atoms with Crippen molar-refractivity contribution in [2.24, 2.45) is 4.99 Å². The first-order valence-corrected chi connectivity index (χ1v) is 13.8. The van der Waals surface area contributed by atoms with Crippen molar-refractivity contribution >= 4 is 39.8 Å². The number of aromatic nitrogens is 1. The molecule has 9 nitrogen and oxygen atoms in total. The molecule has 210 valence electrons. The van der Waals surface area contributed by atoms with Gasteiger partial charge in [0.2, 0.25) is 0 Å². The van der Waals surface area contributed by atoms with Crippen LogP contribution in [0, 0.1) is 15.9 Å². The first kappa shape index (κ1) is 27.0. The fourth-order valence-electron chi connectivity index (χ4n) is 5.14. The Morgan fingerprint density at radius 2 is 1.95 bits per heavy atom. The Bertz CT molecular complexity index is 2120. The first-order valence-electron chi connectivity index (χ1n) is 13.0. The fraction of sp³-hybridized carbons (Fsp3) is 0.129. The molecule has 0 radical (unpaired) electrons. The molecule has 1 atom stereocenters. The van der Waals surface area contributed by atoms with Gasteiger partial charge in [-0.1, -0.05) is 53.8 Å². The minimum atomic E-state index is -0.789. The minimum absolute atomic E-state index is 0.105. The van der Waals surface area contributed by atoms with Gasteiger partial charge in [-0.2, -0.15) is 0 Å². The largest absolute Gasteiger partial charge is 0.463 e. The Kier molecular flexibility index (Phi) is 6.87. The molecule has 6 rings (SSSR count). The topological polar surface area (TPSA) is 117 Å². The summed E-state index contributed by atoms with van der Waals surface area (Å²) in [5, 5.41) is 13.3. The third kappa shape index (κ3) is 4.63. The fourth-order valence-corrected chi connectivity index (χ4v) is 6.17. The average molecular weight is 584 g/mol. The van der Waals surface area contributed by atoms with Gasteiger partial charge < -0.3 is 9.15 Å². The second-order valence-corrected chi connectivity index (χ2v) is 10.5. The van der Waals surface area contributed by atoms with Gasteiger partial charge in [0.05, 0.1) is 45.0 Å². The molecule has 1 aliphatic heterocycles. The Balaban J connectivity index is 1.52. The highest BCUT2D eigenvalue weighted by Gasteiger charge is 2.34. The number of hydrogen-bond acceptors (Lipinski definition) is 8. The number of carbonyl (C=O) groups is 1. The second kappa shape index (κ2) is 10.7. The second-order valence-electron chi connectivity index (χ2n) is 9.49. The number of fused-ring (bicyclic) bond motifs is 2. The molecule has 0 spiro atoms. The van der Waals surface area contributed by atoms with E-state index in [1.54, 1.807) is 19.9 Å². The molecule has 0 fully saturated rings. The zero-order valence-corrected chi connectivity index (χ0v) is 23.2. The summed E-state index contributed by atoms with van der Waals surface area (Å²) < 4.78 is 26.6. The number of rotatable bonds is 6. The van der Waals surface area contributed by atoms with Crippen molar-refractivity contribution in [1.82, 2.24) is 4.57 Å². The monoisotopic (exact) mass is 583 g/mol. The van der Waals surface area contributed by atoms with Gasteiger partial charge in [-0.15, -0.1) is 0 Å². The van der Waals surface area contributed by atoms with Crippen LogP contribution in [0.3, 0.4) is 0 Å². The summed E-state index contributed by atoms with van der Waals surface area (Å²) in [6, 6.07) is 19.0. The van der Waals surface area contributed by atoms with Crippen LogP contribution in [0.4, 0.5) is 10.1 Å². The molecule has 0 unspecified atom stereocenters. The molecule has 3 heterocycles. The van der Waals surface area contributed by atoms with E-state index < -0.39 is 34.0 Å². The quantitative estimate of drug-likeness (QED) is 0.153. The third-order valence-electron chi connectivity index (χ3n) is 6.96. The van der Waals surface area contributed by atoms with E-state index in [-0.39, 0.29) is 33.8 Å². The molecule has 5 aromatic rings. The molecular weight excluding hydrogens is 561 g/mol. The van der Waals surface area contributed by atoms with E-state index in [1.807, 2.05) is 42.5 Å². The smallest absolute Gasteiger partial charge is 0.338 e. The van der Waals surface area contributed by atoms with Gasteiger partial charge in [0.25, 0.3) is 11.2 Å². The maximum Gasteiger partial charge on any atom is 0.338 e. The van der Waals surface area contributed by atoms with Crippen molar-refractivity contribution in [2.75, 3.05) is 6.61 Å². The van der Waals surface area contributed by atoms with Crippen molar-refractivity contribution in [2.45, 2.75) is 19.9 Å². The lowest BCUT2D eigenvalue weighted by Crippen LogP contribution is -2.40. The van der Waals surface area contributed by atoms with Crippen LogP contribution in [-0.4, -0.2) is 22.1 Å². The summed E-state index contributed by atoms with van der Waals surface area (Å²) in [6.45, 7) is 3.60. The first-order chi connectivity index (χ1) is 20.3. The maximum absolute atomic E-state index is 14.0. The van der Waals surface area contributed by atoms with Crippen molar-refractivity contribution in [3.63, 3.8) is 0 Å². The van der Waals surface area contributed by atoms with Gasteiger partial charge in [-0.05, 0) is 54.4 Å². The predicted molar refractivity (Wildman–Crippen MR) is 155 cm³/mol. The van der Waals surface area contributed by atoms with Crippen molar-refractivity contribution in [3.8, 4) is 11.3 Å². The van der Waals surface area contributed by atoms with Gasteiger partial charge in [0, 0.05) is 6.08 Å². The van der Waals surface area contributed by atoms with E-state index in [1.165, 1.54) is 22.8 Å². The summed E-state index contributed by atoms with van der Waals surface area (Å²) in [5.74, 6) is -0.883. The van der Waals surface area contributed by atoms with E-state index >= 15 is 0 Å². The number of carbonyl (C=O) groups excluding carboxylic acids is 1. The maximum atomic E-state index is 14.0. The molecule has 0 amide bonds. The number of benzene rings is 3. The lowest BCUT2D eigenvalue weighted by atomic mass is 9.91. The van der Waals surface area contributed by atoms with Crippen molar-refractivity contribution in [1.29, 1.82) is 0 Å². The molecule has 11 heteroatoms. The molecule has 2 aromatic heterocycles. The highest BCUT2D eigenvalue weighted by atomic mass is 32.1. The van der Waals surface area contributed by atoms with Gasteiger partial charge >= 0.3 is 5.97 Å².